The van der Waals surface area contributed by atoms with Gasteiger partial charge in [-0.2, -0.15) is 0 Å². The highest BCUT2D eigenvalue weighted by molar-refractivity contribution is 7.47. The molecule has 0 aliphatic carbocycles. The lowest BCUT2D eigenvalue weighted by atomic mass is 10.1. The number of rotatable bonds is 37. The van der Waals surface area contributed by atoms with Crippen molar-refractivity contribution >= 4 is 25.7 Å². The minimum Gasteiger partial charge on any atom is -0.480 e. The lowest BCUT2D eigenvalue weighted by Gasteiger charge is -2.20. The predicted molar refractivity (Wildman–Crippen MR) is 236 cm³/mol. The molecule has 0 fully saturated rings. The maximum atomic E-state index is 12.6. The van der Waals surface area contributed by atoms with Crippen LogP contribution >= 0.6 is 7.82 Å². The third-order valence-electron chi connectivity index (χ3n) is 8.12. The van der Waals surface area contributed by atoms with Crippen molar-refractivity contribution in [1.82, 2.24) is 0 Å². The number of aliphatic hydroxyl groups is 1. The fourth-order valence-corrected chi connectivity index (χ4v) is 5.55. The molecule has 0 radical (unpaired) electrons. The number of aliphatic carboxylic acids is 1. The molecule has 332 valence electrons. The average Bonchev–Trinajstić information content (AvgIpc) is 3.21. The Kier molecular flexibility index (Phi) is 36.9. The van der Waals surface area contributed by atoms with E-state index >= 15 is 0 Å². The third-order valence-corrected chi connectivity index (χ3v) is 9.07. The van der Waals surface area contributed by atoms with Crippen molar-refractivity contribution < 1.29 is 52.6 Å². The molecule has 13 heteroatoms. The smallest absolute Gasteiger partial charge is 0.472 e. The van der Waals surface area contributed by atoms with Crippen molar-refractivity contribution in [3.05, 3.63) is 109 Å². The molecule has 0 heterocycles. The Balaban J connectivity index is 4.71. The zero-order valence-corrected chi connectivity index (χ0v) is 36.3. The van der Waals surface area contributed by atoms with Crippen LogP contribution in [-0.4, -0.2) is 71.1 Å². The molecule has 0 aliphatic rings. The van der Waals surface area contributed by atoms with Crippen LogP contribution in [0.1, 0.15) is 123 Å². The van der Waals surface area contributed by atoms with E-state index in [1.54, 1.807) is 12.2 Å². The second kappa shape index (κ2) is 39.6. The van der Waals surface area contributed by atoms with Gasteiger partial charge in [0.2, 0.25) is 0 Å². The Morgan fingerprint density at radius 3 is 1.68 bits per heavy atom. The highest BCUT2D eigenvalue weighted by Gasteiger charge is 2.28. The van der Waals surface area contributed by atoms with Gasteiger partial charge < -0.3 is 30.3 Å². The second-order valence-electron chi connectivity index (χ2n) is 13.6. The molecule has 5 N–H and O–H groups in total. The molecule has 0 saturated heterocycles. The summed E-state index contributed by atoms with van der Waals surface area (Å²) < 4.78 is 32.4. The van der Waals surface area contributed by atoms with Crippen molar-refractivity contribution in [2.75, 3.05) is 19.8 Å². The molecule has 0 aromatic carbocycles. The van der Waals surface area contributed by atoms with E-state index in [4.69, 9.17) is 24.8 Å². The molecular formula is C46H72NO11P. The molecule has 0 amide bonds. The van der Waals surface area contributed by atoms with Gasteiger partial charge in [-0.15, -0.1) is 0 Å². The lowest BCUT2D eigenvalue weighted by molar-refractivity contribution is -0.161. The van der Waals surface area contributed by atoms with Crippen LogP contribution in [0.2, 0.25) is 0 Å². The number of phosphoric acid groups is 1. The Bertz CT molecular complexity index is 1430. The number of aliphatic hydroxyl groups excluding tert-OH is 1. The molecule has 0 aromatic heterocycles. The van der Waals surface area contributed by atoms with E-state index in [0.29, 0.717) is 6.42 Å². The van der Waals surface area contributed by atoms with Gasteiger partial charge in [0.15, 0.2) is 6.10 Å². The summed E-state index contributed by atoms with van der Waals surface area (Å²) in [6.07, 6.45) is 47.8. The summed E-state index contributed by atoms with van der Waals surface area (Å²) in [7, 11) is -4.79. The Hall–Kier alpha value is -3.90. The summed E-state index contributed by atoms with van der Waals surface area (Å²) in [5, 5.41) is 19.1. The van der Waals surface area contributed by atoms with Gasteiger partial charge in [-0.25, -0.2) is 4.57 Å². The number of ether oxygens (including phenoxy) is 2. The average molecular weight is 846 g/mol. The van der Waals surface area contributed by atoms with Crippen LogP contribution in [0.4, 0.5) is 0 Å². The van der Waals surface area contributed by atoms with Crippen molar-refractivity contribution in [2.45, 2.75) is 141 Å². The van der Waals surface area contributed by atoms with Crippen LogP contribution in [0.15, 0.2) is 109 Å². The van der Waals surface area contributed by atoms with Gasteiger partial charge >= 0.3 is 25.7 Å². The first kappa shape index (κ1) is 55.1. The highest BCUT2D eigenvalue weighted by Crippen LogP contribution is 2.43. The van der Waals surface area contributed by atoms with E-state index in [0.717, 1.165) is 64.2 Å². The first-order valence-corrected chi connectivity index (χ1v) is 22.5. The van der Waals surface area contributed by atoms with E-state index < -0.39 is 63.8 Å². The summed E-state index contributed by atoms with van der Waals surface area (Å²) >= 11 is 0. The number of nitrogens with two attached hydrogens (primary N) is 1. The summed E-state index contributed by atoms with van der Waals surface area (Å²) in [6, 6.07) is -1.57. The fraction of sp³-hybridized carbons (Fsp3) is 0.543. The van der Waals surface area contributed by atoms with Crippen LogP contribution in [0.25, 0.3) is 0 Å². The number of carbonyl (C=O) groups is 3. The number of unbranched alkanes of at least 4 members (excludes halogenated alkanes) is 5. The van der Waals surface area contributed by atoms with E-state index in [2.05, 4.69) is 103 Å². The zero-order chi connectivity index (χ0) is 43.7. The number of allylic oxidation sites excluding steroid dienone is 17. The van der Waals surface area contributed by atoms with Gasteiger partial charge in [-0.3, -0.25) is 23.4 Å². The number of hydrogen-bond acceptors (Lipinski definition) is 10. The molecular weight excluding hydrogens is 773 g/mol. The molecule has 0 spiro atoms. The van der Waals surface area contributed by atoms with E-state index in [-0.39, 0.29) is 19.3 Å². The highest BCUT2D eigenvalue weighted by atomic mass is 31.2. The molecule has 0 aromatic rings. The Morgan fingerprint density at radius 2 is 1.14 bits per heavy atom. The largest absolute Gasteiger partial charge is 0.480 e. The Morgan fingerprint density at radius 1 is 0.627 bits per heavy atom. The fourth-order valence-electron chi connectivity index (χ4n) is 4.77. The SMILES string of the molecule is CC/C=C\C/C=C\C/C=C\C/C=C\C/C=C\C=C/C(O)CCC(=O)OC[C@H](COP(=O)(O)OC[C@H](N)C(=O)O)OC(=O)CCCC/C=C\C/C=C\C/C=C\CCCCC. The topological polar surface area (TPSA) is 192 Å². The number of phosphoric ester groups is 1. The summed E-state index contributed by atoms with van der Waals surface area (Å²) in [6.45, 7) is 2.34. The summed E-state index contributed by atoms with van der Waals surface area (Å²) in [5.41, 5.74) is 5.31. The number of esters is 2. The van der Waals surface area contributed by atoms with Crippen molar-refractivity contribution in [2.24, 2.45) is 5.73 Å². The summed E-state index contributed by atoms with van der Waals surface area (Å²) in [4.78, 5) is 45.9. The van der Waals surface area contributed by atoms with Crippen molar-refractivity contribution in [3.8, 4) is 0 Å². The van der Waals surface area contributed by atoms with Gasteiger partial charge in [-0.05, 0) is 83.5 Å². The number of carboxylic acids is 1. The molecule has 59 heavy (non-hydrogen) atoms. The first-order chi connectivity index (χ1) is 28.5. The molecule has 0 aliphatic heterocycles. The Labute approximate surface area is 353 Å². The third kappa shape index (κ3) is 39.3. The van der Waals surface area contributed by atoms with Crippen molar-refractivity contribution in [3.63, 3.8) is 0 Å². The standard InChI is InChI=1S/C46H72NO11P/c1-3-5-7-9-11-13-15-17-19-21-22-24-26-28-30-32-34-41(48)36-37-44(49)55-38-42(39-56-59(53,54)57-40-43(47)46(51)52)58-45(50)35-33-31-29-27-25-23-20-18-16-14-12-10-8-6-4-2/h5,7,11-14,17-20,22,24-25,27-28,30,32,34,41-43,48H,3-4,6,8-10,15-16,21,23,26,29,31,33,35-40,47H2,1-2H3,(H,51,52)(H,53,54)/b7-5-,13-11-,14-12-,19-17-,20-18-,24-22-,27-25-,30-28-,34-32-/t41?,42-,43+/m1/s1. The number of carboxylic acid groups (broad SMARTS) is 1. The van der Waals surface area contributed by atoms with Gasteiger partial charge in [0.1, 0.15) is 12.6 Å². The molecule has 4 atom stereocenters. The van der Waals surface area contributed by atoms with E-state index in [9.17, 15) is 28.9 Å². The normalized spacial score (nSPS) is 15.3. The molecule has 0 rings (SSSR count). The summed E-state index contributed by atoms with van der Waals surface area (Å²) in [5.74, 6) is -2.76. The van der Waals surface area contributed by atoms with Crippen LogP contribution < -0.4 is 5.73 Å². The van der Waals surface area contributed by atoms with Crippen LogP contribution in [0.5, 0.6) is 0 Å². The van der Waals surface area contributed by atoms with E-state index in [1.807, 2.05) is 12.2 Å². The minimum absolute atomic E-state index is 0.0555. The molecule has 0 bridgehead atoms. The maximum absolute atomic E-state index is 12.6. The van der Waals surface area contributed by atoms with Crippen LogP contribution in [0, 0.1) is 0 Å². The van der Waals surface area contributed by atoms with Crippen LogP contribution in [0.3, 0.4) is 0 Å². The monoisotopic (exact) mass is 845 g/mol. The predicted octanol–water partition coefficient (Wildman–Crippen LogP) is 10.0. The van der Waals surface area contributed by atoms with Gasteiger partial charge in [-0.1, -0.05) is 136 Å². The van der Waals surface area contributed by atoms with Gasteiger partial charge in [0, 0.05) is 12.8 Å². The quantitative estimate of drug-likeness (QED) is 0.0152. The second-order valence-corrected chi connectivity index (χ2v) is 15.0. The molecule has 0 saturated carbocycles. The van der Waals surface area contributed by atoms with Crippen molar-refractivity contribution in [1.29, 1.82) is 0 Å². The van der Waals surface area contributed by atoms with E-state index in [1.165, 1.54) is 19.3 Å². The minimum atomic E-state index is -4.79. The lowest BCUT2D eigenvalue weighted by Crippen LogP contribution is -2.34. The first-order valence-electron chi connectivity index (χ1n) is 21.0. The molecule has 2 unspecified atom stereocenters. The van der Waals surface area contributed by atoms with Crippen LogP contribution in [-0.2, 0) is 37.5 Å². The number of hydrogen-bond donors (Lipinski definition) is 4. The zero-order valence-electron chi connectivity index (χ0n) is 35.4. The molecule has 12 nitrogen and oxygen atoms in total. The van der Waals surface area contributed by atoms with Gasteiger partial charge in [0.05, 0.1) is 19.3 Å². The number of carbonyl (C=O) groups excluding carboxylic acids is 2. The maximum Gasteiger partial charge on any atom is 0.472 e. The van der Waals surface area contributed by atoms with Gasteiger partial charge in [0.25, 0.3) is 0 Å².